The number of benzene rings is 1. The molecule has 1 aliphatic heterocycles. The lowest BCUT2D eigenvalue weighted by atomic mass is 10.2. The third-order valence-electron chi connectivity index (χ3n) is 3.50. The Balaban J connectivity index is 2.38. The Hall–Kier alpha value is -1.31. The Morgan fingerprint density at radius 2 is 2.00 bits per heavy atom. The average molecular weight is 347 g/mol. The van der Waals surface area contributed by atoms with Crippen LogP contribution in [0.15, 0.2) is 23.1 Å². The highest BCUT2D eigenvalue weighted by atomic mass is 35.5. The summed E-state index contributed by atoms with van der Waals surface area (Å²) >= 11 is 5.45. The largest absolute Gasteiger partial charge is 0.495 e. The van der Waals surface area contributed by atoms with Gasteiger partial charge in [0.15, 0.2) is 0 Å². The second kappa shape index (κ2) is 7.30. The SMILES string of the molecule is COc1ccc(NC(=O)CCl)cc1S(=O)(=O)N1CCCCC1. The summed E-state index contributed by atoms with van der Waals surface area (Å²) < 4.78 is 32.2. The smallest absolute Gasteiger partial charge is 0.246 e. The van der Waals surface area contributed by atoms with Crippen molar-refractivity contribution in [2.45, 2.75) is 24.2 Å². The van der Waals surface area contributed by atoms with Gasteiger partial charge < -0.3 is 10.1 Å². The van der Waals surface area contributed by atoms with Crippen LogP contribution in [0.3, 0.4) is 0 Å². The Morgan fingerprint density at radius 3 is 2.59 bits per heavy atom. The van der Waals surface area contributed by atoms with Crippen LogP contribution in [0.2, 0.25) is 0 Å². The van der Waals surface area contributed by atoms with Gasteiger partial charge >= 0.3 is 0 Å². The predicted molar refractivity (Wildman–Crippen MR) is 85.0 cm³/mol. The van der Waals surface area contributed by atoms with Gasteiger partial charge in [0.2, 0.25) is 15.9 Å². The van der Waals surface area contributed by atoms with Crippen molar-refractivity contribution in [3.8, 4) is 5.75 Å². The second-order valence-corrected chi connectivity index (χ2v) is 7.19. The summed E-state index contributed by atoms with van der Waals surface area (Å²) in [5, 5.41) is 2.55. The van der Waals surface area contributed by atoms with Gasteiger partial charge in [-0.05, 0) is 31.0 Å². The Kier molecular flexibility index (Phi) is 5.66. The number of rotatable bonds is 5. The fourth-order valence-corrected chi connectivity index (χ4v) is 4.16. The highest BCUT2D eigenvalue weighted by Crippen LogP contribution is 2.31. The molecule has 0 saturated carbocycles. The topological polar surface area (TPSA) is 75.7 Å². The van der Waals surface area contributed by atoms with E-state index < -0.39 is 15.9 Å². The van der Waals surface area contributed by atoms with Gasteiger partial charge in [-0.25, -0.2) is 8.42 Å². The number of piperidine rings is 1. The lowest BCUT2D eigenvalue weighted by Gasteiger charge is -2.26. The van der Waals surface area contributed by atoms with Gasteiger partial charge in [0.25, 0.3) is 0 Å². The number of carbonyl (C=O) groups excluding carboxylic acids is 1. The molecule has 0 unspecified atom stereocenters. The first-order chi connectivity index (χ1) is 10.5. The Bertz CT molecular complexity index is 642. The summed E-state index contributed by atoms with van der Waals surface area (Å²) in [7, 11) is -2.23. The number of nitrogens with one attached hydrogen (secondary N) is 1. The van der Waals surface area contributed by atoms with Crippen molar-refractivity contribution in [3.63, 3.8) is 0 Å². The van der Waals surface area contributed by atoms with E-state index in [-0.39, 0.29) is 16.5 Å². The minimum absolute atomic E-state index is 0.0595. The summed E-state index contributed by atoms with van der Waals surface area (Å²) in [6, 6.07) is 4.52. The standard InChI is InChI=1S/C14H19ClN2O4S/c1-21-12-6-5-11(16-14(18)10-15)9-13(12)22(19,20)17-7-3-2-4-8-17/h5-6,9H,2-4,7-8,10H2,1H3,(H,16,18). The van der Waals surface area contributed by atoms with Crippen LogP contribution in [0, 0.1) is 0 Å². The normalized spacial score (nSPS) is 16.3. The molecule has 6 nitrogen and oxygen atoms in total. The van der Waals surface area contributed by atoms with E-state index in [2.05, 4.69) is 5.32 Å². The molecule has 1 saturated heterocycles. The number of alkyl halides is 1. The molecule has 122 valence electrons. The van der Waals surface area contributed by atoms with Gasteiger partial charge in [0, 0.05) is 18.8 Å². The number of carbonyl (C=O) groups is 1. The van der Waals surface area contributed by atoms with E-state index in [4.69, 9.17) is 16.3 Å². The van der Waals surface area contributed by atoms with Crippen molar-refractivity contribution in [1.82, 2.24) is 4.31 Å². The first kappa shape index (κ1) is 17.1. The molecular weight excluding hydrogens is 328 g/mol. The molecule has 1 aromatic carbocycles. The van der Waals surface area contributed by atoms with Crippen LogP contribution < -0.4 is 10.1 Å². The molecule has 2 rings (SSSR count). The molecule has 0 spiro atoms. The van der Waals surface area contributed by atoms with Crippen LogP contribution in [0.25, 0.3) is 0 Å². The third-order valence-corrected chi connectivity index (χ3v) is 5.66. The zero-order valence-electron chi connectivity index (χ0n) is 12.3. The van der Waals surface area contributed by atoms with Crippen molar-refractivity contribution in [2.24, 2.45) is 0 Å². The molecule has 1 heterocycles. The molecule has 1 N–H and O–H groups in total. The van der Waals surface area contributed by atoms with E-state index in [1.54, 1.807) is 6.07 Å². The number of hydrogen-bond acceptors (Lipinski definition) is 4. The quantitative estimate of drug-likeness (QED) is 0.828. The summed E-state index contributed by atoms with van der Waals surface area (Å²) in [4.78, 5) is 11.4. The summed E-state index contributed by atoms with van der Waals surface area (Å²) in [5.41, 5.74) is 0.377. The van der Waals surface area contributed by atoms with Crippen molar-refractivity contribution < 1.29 is 17.9 Å². The maximum atomic E-state index is 12.8. The number of halogens is 1. The molecule has 1 fully saturated rings. The number of amides is 1. The zero-order valence-corrected chi connectivity index (χ0v) is 13.9. The van der Waals surface area contributed by atoms with Crippen LogP contribution in [0.5, 0.6) is 5.75 Å². The maximum absolute atomic E-state index is 12.8. The molecule has 8 heteroatoms. The highest BCUT2D eigenvalue weighted by Gasteiger charge is 2.29. The highest BCUT2D eigenvalue weighted by molar-refractivity contribution is 7.89. The monoisotopic (exact) mass is 346 g/mol. The molecule has 1 amide bonds. The third kappa shape index (κ3) is 3.71. The minimum atomic E-state index is -3.65. The fraction of sp³-hybridized carbons (Fsp3) is 0.500. The van der Waals surface area contributed by atoms with Crippen LogP contribution in [0.1, 0.15) is 19.3 Å². The lowest BCUT2D eigenvalue weighted by molar-refractivity contribution is -0.113. The van der Waals surface area contributed by atoms with E-state index >= 15 is 0 Å². The van der Waals surface area contributed by atoms with Crippen LogP contribution in [-0.2, 0) is 14.8 Å². The number of hydrogen-bond donors (Lipinski definition) is 1. The number of methoxy groups -OCH3 is 1. The lowest BCUT2D eigenvalue weighted by Crippen LogP contribution is -2.35. The summed E-state index contributed by atoms with van der Waals surface area (Å²) in [5.74, 6) is -0.331. The number of sulfonamides is 1. The molecule has 1 aromatic rings. The van der Waals surface area contributed by atoms with Crippen molar-refractivity contribution >= 4 is 33.2 Å². The van der Waals surface area contributed by atoms with Gasteiger partial charge in [-0.15, -0.1) is 11.6 Å². The summed E-state index contributed by atoms with van der Waals surface area (Å²) in [6.07, 6.45) is 2.74. The van der Waals surface area contributed by atoms with E-state index in [1.807, 2.05) is 0 Å². The van der Waals surface area contributed by atoms with Crippen molar-refractivity contribution in [1.29, 1.82) is 0 Å². The van der Waals surface area contributed by atoms with Gasteiger partial charge in [-0.2, -0.15) is 4.31 Å². The predicted octanol–water partition coefficient (Wildman–Crippen LogP) is 2.05. The van der Waals surface area contributed by atoms with Crippen LogP contribution >= 0.6 is 11.6 Å². The maximum Gasteiger partial charge on any atom is 0.246 e. The van der Waals surface area contributed by atoms with Gasteiger partial charge in [-0.3, -0.25) is 4.79 Å². The molecular formula is C14H19ClN2O4S. The molecule has 0 aliphatic carbocycles. The van der Waals surface area contributed by atoms with Crippen LogP contribution in [0.4, 0.5) is 5.69 Å². The molecule has 0 atom stereocenters. The Morgan fingerprint density at radius 1 is 1.32 bits per heavy atom. The first-order valence-corrected chi connectivity index (χ1v) is 9.00. The number of nitrogens with zero attached hydrogens (tertiary/aromatic N) is 1. The van der Waals surface area contributed by atoms with E-state index in [9.17, 15) is 13.2 Å². The number of anilines is 1. The number of ether oxygens (including phenoxy) is 1. The van der Waals surface area contributed by atoms with Crippen molar-refractivity contribution in [2.75, 3.05) is 31.4 Å². The molecule has 22 heavy (non-hydrogen) atoms. The average Bonchev–Trinajstić information content (AvgIpc) is 2.55. The molecule has 0 radical (unpaired) electrons. The van der Waals surface area contributed by atoms with Gasteiger partial charge in [0.05, 0.1) is 7.11 Å². The van der Waals surface area contributed by atoms with E-state index in [1.165, 1.54) is 23.5 Å². The second-order valence-electron chi connectivity index (χ2n) is 5.01. The Labute approximate surface area is 135 Å². The molecule has 0 bridgehead atoms. The van der Waals surface area contributed by atoms with E-state index in [0.29, 0.717) is 18.8 Å². The fourth-order valence-electron chi connectivity index (χ4n) is 2.39. The minimum Gasteiger partial charge on any atom is -0.495 e. The van der Waals surface area contributed by atoms with Gasteiger partial charge in [0.1, 0.15) is 16.5 Å². The van der Waals surface area contributed by atoms with E-state index in [0.717, 1.165) is 19.3 Å². The molecule has 1 aliphatic rings. The van der Waals surface area contributed by atoms with Crippen molar-refractivity contribution in [3.05, 3.63) is 18.2 Å². The molecule has 0 aromatic heterocycles. The van der Waals surface area contributed by atoms with Crippen LogP contribution in [-0.4, -0.2) is 44.7 Å². The zero-order chi connectivity index (χ0) is 16.2. The van der Waals surface area contributed by atoms with Gasteiger partial charge in [-0.1, -0.05) is 6.42 Å². The summed E-state index contributed by atoms with van der Waals surface area (Å²) in [6.45, 7) is 1.01. The first-order valence-electron chi connectivity index (χ1n) is 7.03.